The van der Waals surface area contributed by atoms with E-state index in [1.807, 2.05) is 0 Å². The summed E-state index contributed by atoms with van der Waals surface area (Å²) in [5, 5.41) is 12.2. The van der Waals surface area contributed by atoms with Gasteiger partial charge >= 0.3 is 0 Å². The molecular formula is C13H25NO2. The van der Waals surface area contributed by atoms with Crippen molar-refractivity contribution in [2.24, 2.45) is 11.8 Å². The third-order valence-corrected chi connectivity index (χ3v) is 3.34. The molecule has 0 aromatic rings. The van der Waals surface area contributed by atoms with Crippen LogP contribution in [-0.2, 0) is 4.79 Å². The fraction of sp³-hybridized carbons (Fsp3) is 0.923. The zero-order valence-corrected chi connectivity index (χ0v) is 10.5. The molecule has 2 N–H and O–H groups in total. The Morgan fingerprint density at radius 1 is 1.31 bits per heavy atom. The molecule has 0 aromatic carbocycles. The molecule has 1 fully saturated rings. The maximum atomic E-state index is 11.8. The molecule has 0 bridgehead atoms. The number of amides is 1. The molecule has 3 nitrogen and oxygen atoms in total. The zero-order valence-electron chi connectivity index (χ0n) is 10.5. The molecule has 0 spiro atoms. The van der Waals surface area contributed by atoms with Crippen LogP contribution in [-0.4, -0.2) is 23.7 Å². The number of carbonyl (C=O) groups is 1. The fourth-order valence-corrected chi connectivity index (χ4v) is 2.45. The van der Waals surface area contributed by atoms with Crippen LogP contribution in [0.2, 0.25) is 0 Å². The number of aliphatic hydroxyl groups is 1. The van der Waals surface area contributed by atoms with Gasteiger partial charge in [0.25, 0.3) is 0 Å². The number of nitrogens with one attached hydrogen (secondary N) is 1. The van der Waals surface area contributed by atoms with Gasteiger partial charge in [0.1, 0.15) is 0 Å². The number of hydrogen-bond acceptors (Lipinski definition) is 2. The molecule has 2 unspecified atom stereocenters. The quantitative estimate of drug-likeness (QED) is 0.755. The van der Waals surface area contributed by atoms with Crippen molar-refractivity contribution in [3.05, 3.63) is 0 Å². The summed E-state index contributed by atoms with van der Waals surface area (Å²) in [4.78, 5) is 11.8. The highest BCUT2D eigenvalue weighted by atomic mass is 16.3. The number of hydrogen-bond donors (Lipinski definition) is 2. The van der Waals surface area contributed by atoms with Gasteiger partial charge in [-0.1, -0.05) is 26.2 Å². The van der Waals surface area contributed by atoms with E-state index in [9.17, 15) is 9.90 Å². The van der Waals surface area contributed by atoms with Gasteiger partial charge in [-0.15, -0.1) is 0 Å². The Morgan fingerprint density at radius 2 is 1.94 bits per heavy atom. The van der Waals surface area contributed by atoms with Crippen molar-refractivity contribution in [2.45, 2.75) is 58.5 Å². The van der Waals surface area contributed by atoms with E-state index < -0.39 is 0 Å². The number of rotatable bonds is 5. The molecular weight excluding hydrogens is 202 g/mol. The average molecular weight is 227 g/mol. The van der Waals surface area contributed by atoms with Crippen LogP contribution in [0.5, 0.6) is 0 Å². The lowest BCUT2D eigenvalue weighted by atomic mass is 9.88. The van der Waals surface area contributed by atoms with Crippen LogP contribution in [0.25, 0.3) is 0 Å². The van der Waals surface area contributed by atoms with Gasteiger partial charge < -0.3 is 10.4 Å². The molecule has 0 aliphatic heterocycles. The van der Waals surface area contributed by atoms with Crippen molar-refractivity contribution in [1.29, 1.82) is 0 Å². The third-order valence-electron chi connectivity index (χ3n) is 3.34. The topological polar surface area (TPSA) is 49.3 Å². The predicted octanol–water partition coefficient (Wildman–Crippen LogP) is 2.09. The van der Waals surface area contributed by atoms with Crippen LogP contribution >= 0.6 is 0 Å². The van der Waals surface area contributed by atoms with Crippen LogP contribution in [0.3, 0.4) is 0 Å². The van der Waals surface area contributed by atoms with Gasteiger partial charge in [-0.05, 0) is 32.1 Å². The summed E-state index contributed by atoms with van der Waals surface area (Å²) in [7, 11) is 0. The smallest absolute Gasteiger partial charge is 0.223 e. The third kappa shape index (κ3) is 4.97. The van der Waals surface area contributed by atoms with E-state index in [2.05, 4.69) is 12.2 Å². The highest BCUT2D eigenvalue weighted by Gasteiger charge is 2.21. The summed E-state index contributed by atoms with van der Waals surface area (Å²) in [6.07, 6.45) is 6.25. The molecule has 1 aliphatic carbocycles. The minimum Gasteiger partial charge on any atom is -0.393 e. The van der Waals surface area contributed by atoms with E-state index in [4.69, 9.17) is 0 Å². The minimum atomic E-state index is -0.276. The van der Waals surface area contributed by atoms with Gasteiger partial charge in [-0.2, -0.15) is 0 Å². The first-order chi connectivity index (χ1) is 7.59. The van der Waals surface area contributed by atoms with Crippen LogP contribution in [0.15, 0.2) is 0 Å². The van der Waals surface area contributed by atoms with E-state index >= 15 is 0 Å². The monoisotopic (exact) mass is 227 g/mol. The standard InChI is InChI=1S/C13H25NO2/c1-10(8-11(2)15)9-14-13(16)12-6-4-3-5-7-12/h10-12,15H,3-9H2,1-2H3,(H,14,16). The summed E-state index contributed by atoms with van der Waals surface area (Å²) < 4.78 is 0. The lowest BCUT2D eigenvalue weighted by molar-refractivity contribution is -0.126. The molecule has 1 amide bonds. The van der Waals surface area contributed by atoms with Gasteiger partial charge in [-0.25, -0.2) is 0 Å². The Morgan fingerprint density at radius 3 is 2.50 bits per heavy atom. The maximum Gasteiger partial charge on any atom is 0.223 e. The maximum absolute atomic E-state index is 11.8. The molecule has 0 radical (unpaired) electrons. The largest absolute Gasteiger partial charge is 0.393 e. The Labute approximate surface area is 98.6 Å². The van der Waals surface area contributed by atoms with Crippen LogP contribution in [0, 0.1) is 11.8 Å². The van der Waals surface area contributed by atoms with Crippen LogP contribution in [0.1, 0.15) is 52.4 Å². The molecule has 16 heavy (non-hydrogen) atoms. The lowest BCUT2D eigenvalue weighted by Crippen LogP contribution is -2.35. The first-order valence-corrected chi connectivity index (χ1v) is 6.55. The average Bonchev–Trinajstić information content (AvgIpc) is 2.26. The first kappa shape index (κ1) is 13.5. The van der Waals surface area contributed by atoms with Crippen molar-refractivity contribution in [2.75, 3.05) is 6.54 Å². The second kappa shape index (κ2) is 6.89. The summed E-state index contributed by atoms with van der Waals surface area (Å²) >= 11 is 0. The van der Waals surface area contributed by atoms with E-state index in [1.165, 1.54) is 19.3 Å². The molecule has 1 aliphatic rings. The van der Waals surface area contributed by atoms with E-state index in [0.29, 0.717) is 12.5 Å². The fourth-order valence-electron chi connectivity index (χ4n) is 2.45. The van der Waals surface area contributed by atoms with Crippen molar-refractivity contribution in [1.82, 2.24) is 5.32 Å². The Bertz CT molecular complexity index is 210. The molecule has 0 aromatic heterocycles. The van der Waals surface area contributed by atoms with E-state index in [0.717, 1.165) is 19.3 Å². The van der Waals surface area contributed by atoms with E-state index in [-0.39, 0.29) is 17.9 Å². The van der Waals surface area contributed by atoms with Gasteiger partial charge in [-0.3, -0.25) is 4.79 Å². The Kier molecular flexibility index (Phi) is 5.81. The first-order valence-electron chi connectivity index (χ1n) is 6.55. The highest BCUT2D eigenvalue weighted by molar-refractivity contribution is 5.78. The zero-order chi connectivity index (χ0) is 12.0. The normalized spacial score (nSPS) is 21.4. The molecule has 1 rings (SSSR count). The second-order valence-corrected chi connectivity index (χ2v) is 5.27. The number of carbonyl (C=O) groups excluding carboxylic acids is 1. The van der Waals surface area contributed by atoms with Crippen molar-refractivity contribution < 1.29 is 9.90 Å². The molecule has 2 atom stereocenters. The molecule has 0 heterocycles. The number of aliphatic hydroxyl groups excluding tert-OH is 1. The Hall–Kier alpha value is -0.570. The summed E-state index contributed by atoms with van der Waals surface area (Å²) in [5.74, 6) is 0.817. The van der Waals surface area contributed by atoms with Crippen molar-refractivity contribution in [3.63, 3.8) is 0 Å². The predicted molar refractivity (Wildman–Crippen MR) is 65.0 cm³/mol. The lowest BCUT2D eigenvalue weighted by Gasteiger charge is -2.22. The summed E-state index contributed by atoms with van der Waals surface area (Å²) in [6.45, 7) is 4.55. The SMILES string of the molecule is CC(O)CC(C)CNC(=O)C1CCCCC1. The van der Waals surface area contributed by atoms with E-state index in [1.54, 1.807) is 6.92 Å². The molecule has 1 saturated carbocycles. The van der Waals surface area contributed by atoms with Gasteiger partial charge in [0.2, 0.25) is 5.91 Å². The summed E-state index contributed by atoms with van der Waals surface area (Å²) in [6, 6.07) is 0. The Balaban J connectivity index is 2.18. The molecule has 94 valence electrons. The summed E-state index contributed by atoms with van der Waals surface area (Å²) in [5.41, 5.74) is 0. The second-order valence-electron chi connectivity index (χ2n) is 5.27. The van der Waals surface area contributed by atoms with Crippen LogP contribution < -0.4 is 5.32 Å². The van der Waals surface area contributed by atoms with Crippen molar-refractivity contribution >= 4 is 5.91 Å². The molecule has 3 heteroatoms. The van der Waals surface area contributed by atoms with Gasteiger partial charge in [0.05, 0.1) is 6.10 Å². The molecule has 0 saturated heterocycles. The van der Waals surface area contributed by atoms with Gasteiger partial charge in [0.15, 0.2) is 0 Å². The van der Waals surface area contributed by atoms with Gasteiger partial charge in [0, 0.05) is 12.5 Å². The van der Waals surface area contributed by atoms with Crippen molar-refractivity contribution in [3.8, 4) is 0 Å². The van der Waals surface area contributed by atoms with Crippen LogP contribution in [0.4, 0.5) is 0 Å². The highest BCUT2D eigenvalue weighted by Crippen LogP contribution is 2.23. The minimum absolute atomic E-state index is 0.220.